The molecule has 1 fully saturated rings. The van der Waals surface area contributed by atoms with E-state index < -0.39 is 5.97 Å². The van der Waals surface area contributed by atoms with Crippen LogP contribution in [0.15, 0.2) is 36.4 Å². The lowest BCUT2D eigenvalue weighted by Crippen LogP contribution is -2.13. The van der Waals surface area contributed by atoms with Gasteiger partial charge in [0, 0.05) is 17.7 Å². The average molecular weight is 407 g/mol. The number of aliphatic hydroxyl groups is 1. The number of alkyl halides is 1. The third-order valence-electron chi connectivity index (χ3n) is 5.86. The van der Waals surface area contributed by atoms with Gasteiger partial charge in [0.15, 0.2) is 0 Å². The van der Waals surface area contributed by atoms with E-state index in [0.29, 0.717) is 18.3 Å². The van der Waals surface area contributed by atoms with E-state index in [9.17, 15) is 9.90 Å². The molecule has 0 aromatic heterocycles. The van der Waals surface area contributed by atoms with E-state index in [0.717, 1.165) is 50.5 Å². The molecule has 3 nitrogen and oxygen atoms in total. The second-order valence-electron chi connectivity index (χ2n) is 8.05. The number of carboxylic acids is 1. The molecular formula is C24H35ClO3. The number of hydrogen-bond donors (Lipinski definition) is 2. The maximum absolute atomic E-state index is 10.6. The van der Waals surface area contributed by atoms with Crippen LogP contribution in [-0.4, -0.2) is 21.6 Å². The Hall–Kier alpha value is -1.32. The van der Waals surface area contributed by atoms with E-state index in [1.165, 1.54) is 12.0 Å². The fourth-order valence-electron chi connectivity index (χ4n) is 4.23. The van der Waals surface area contributed by atoms with Gasteiger partial charge in [-0.15, -0.1) is 11.6 Å². The molecule has 0 heterocycles. The van der Waals surface area contributed by atoms with Crippen LogP contribution in [-0.2, 0) is 4.79 Å². The average Bonchev–Trinajstić information content (AvgIpc) is 3.05. The zero-order valence-electron chi connectivity index (χ0n) is 17.0. The molecule has 0 aliphatic heterocycles. The minimum atomic E-state index is -0.729. The van der Waals surface area contributed by atoms with Crippen LogP contribution in [0.4, 0.5) is 0 Å². The Labute approximate surface area is 174 Å². The van der Waals surface area contributed by atoms with Crippen molar-refractivity contribution < 1.29 is 15.0 Å². The summed E-state index contributed by atoms with van der Waals surface area (Å²) in [5, 5.41) is 19.2. The Balaban J connectivity index is 1.90. The highest BCUT2D eigenvalue weighted by molar-refractivity contribution is 6.21. The SMILES string of the molecule is CCCCCC(O)c1ccc(C2[C@@H](C/C=C\CCCC(=O)O)CC[C@H]2Cl)cc1. The van der Waals surface area contributed by atoms with E-state index >= 15 is 0 Å². The normalized spacial score (nSPS) is 23.3. The molecule has 28 heavy (non-hydrogen) atoms. The zero-order valence-corrected chi connectivity index (χ0v) is 17.8. The van der Waals surface area contributed by atoms with Gasteiger partial charge in [-0.25, -0.2) is 0 Å². The minimum absolute atomic E-state index is 0.158. The first-order valence-electron chi connectivity index (χ1n) is 10.8. The number of unbranched alkanes of at least 4 members (excludes halogenated alkanes) is 3. The van der Waals surface area contributed by atoms with Crippen molar-refractivity contribution in [2.45, 2.75) is 88.5 Å². The molecule has 1 aromatic carbocycles. The van der Waals surface area contributed by atoms with Crippen molar-refractivity contribution in [2.75, 3.05) is 0 Å². The number of carboxylic acid groups (broad SMARTS) is 1. The van der Waals surface area contributed by atoms with E-state index in [4.69, 9.17) is 16.7 Å². The van der Waals surface area contributed by atoms with Crippen molar-refractivity contribution in [2.24, 2.45) is 5.92 Å². The zero-order chi connectivity index (χ0) is 20.4. The van der Waals surface area contributed by atoms with Crippen LogP contribution in [0, 0.1) is 5.92 Å². The lowest BCUT2D eigenvalue weighted by atomic mass is 9.85. The van der Waals surface area contributed by atoms with Crippen LogP contribution in [0.5, 0.6) is 0 Å². The molecule has 1 aliphatic carbocycles. The number of hydrogen-bond acceptors (Lipinski definition) is 2. The number of aliphatic carboxylic acids is 1. The van der Waals surface area contributed by atoms with Crippen molar-refractivity contribution in [1.29, 1.82) is 0 Å². The minimum Gasteiger partial charge on any atom is -0.481 e. The molecule has 0 spiro atoms. The summed E-state index contributed by atoms with van der Waals surface area (Å²) in [7, 11) is 0. The summed E-state index contributed by atoms with van der Waals surface area (Å²) in [5.41, 5.74) is 2.27. The second-order valence-corrected chi connectivity index (χ2v) is 8.61. The molecule has 4 heteroatoms. The topological polar surface area (TPSA) is 57.5 Å². The fourth-order valence-corrected chi connectivity index (χ4v) is 4.71. The number of aliphatic hydroxyl groups excluding tert-OH is 1. The third kappa shape index (κ3) is 7.25. The Morgan fingerprint density at radius 1 is 1.18 bits per heavy atom. The van der Waals surface area contributed by atoms with Crippen LogP contribution >= 0.6 is 11.6 Å². The van der Waals surface area contributed by atoms with Crippen molar-refractivity contribution in [3.05, 3.63) is 47.5 Å². The lowest BCUT2D eigenvalue weighted by molar-refractivity contribution is -0.137. The highest BCUT2D eigenvalue weighted by atomic mass is 35.5. The molecule has 4 atom stereocenters. The molecule has 1 aliphatic rings. The maximum Gasteiger partial charge on any atom is 0.303 e. The summed E-state index contributed by atoms with van der Waals surface area (Å²) < 4.78 is 0. The first-order valence-corrected chi connectivity index (χ1v) is 11.2. The van der Waals surface area contributed by atoms with Crippen molar-refractivity contribution >= 4 is 17.6 Å². The van der Waals surface area contributed by atoms with Crippen LogP contribution in [0.3, 0.4) is 0 Å². The number of allylic oxidation sites excluding steroid dienone is 2. The first-order chi connectivity index (χ1) is 13.5. The molecule has 0 amide bonds. The van der Waals surface area contributed by atoms with Gasteiger partial charge in [0.05, 0.1) is 6.10 Å². The first kappa shape index (κ1) is 23.0. The Morgan fingerprint density at radius 2 is 1.93 bits per heavy atom. The molecule has 2 N–H and O–H groups in total. The van der Waals surface area contributed by atoms with E-state index in [2.05, 4.69) is 43.3 Å². The molecule has 2 rings (SSSR count). The predicted molar refractivity (Wildman–Crippen MR) is 116 cm³/mol. The summed E-state index contributed by atoms with van der Waals surface area (Å²) >= 11 is 6.65. The van der Waals surface area contributed by atoms with Gasteiger partial charge >= 0.3 is 5.97 Å². The summed E-state index contributed by atoms with van der Waals surface area (Å²) in [6, 6.07) is 8.42. The molecule has 1 saturated carbocycles. The van der Waals surface area contributed by atoms with Crippen molar-refractivity contribution in [3.63, 3.8) is 0 Å². The molecule has 2 unspecified atom stereocenters. The highest BCUT2D eigenvalue weighted by Crippen LogP contribution is 2.45. The molecular weight excluding hydrogens is 372 g/mol. The van der Waals surface area contributed by atoms with Crippen LogP contribution in [0.25, 0.3) is 0 Å². The fraction of sp³-hybridized carbons (Fsp3) is 0.625. The predicted octanol–water partition coefficient (Wildman–Crippen LogP) is 6.60. The number of carbonyl (C=O) groups is 1. The van der Waals surface area contributed by atoms with E-state index in [1.807, 2.05) is 0 Å². The largest absolute Gasteiger partial charge is 0.481 e. The molecule has 156 valence electrons. The summed E-state index contributed by atoms with van der Waals surface area (Å²) in [4.78, 5) is 10.6. The third-order valence-corrected chi connectivity index (χ3v) is 6.35. The van der Waals surface area contributed by atoms with Crippen molar-refractivity contribution in [3.8, 4) is 0 Å². The standard InChI is InChI=1S/C24H35ClO3/c1-2-3-6-10-22(26)18-12-14-20(15-13-18)24-19(16-17-21(24)25)9-7-4-5-8-11-23(27)28/h4,7,12-15,19,21-22,24,26H,2-3,5-6,8-11,16-17H2,1H3,(H,27,28)/b7-4-/t19-,21+,22?,24?/m0/s1. The Kier molecular flexibility index (Phi) is 10.1. The highest BCUT2D eigenvalue weighted by Gasteiger charge is 2.35. The quantitative estimate of drug-likeness (QED) is 0.233. The van der Waals surface area contributed by atoms with Crippen LogP contribution in [0.1, 0.15) is 94.3 Å². The summed E-state index contributed by atoms with van der Waals surface area (Å²) in [6.07, 6.45) is 13.0. The number of halogens is 1. The van der Waals surface area contributed by atoms with E-state index in [1.54, 1.807) is 0 Å². The Morgan fingerprint density at radius 3 is 2.61 bits per heavy atom. The summed E-state index contributed by atoms with van der Waals surface area (Å²) in [5.74, 6) is 0.142. The van der Waals surface area contributed by atoms with Gasteiger partial charge in [0.2, 0.25) is 0 Å². The monoisotopic (exact) mass is 406 g/mol. The molecule has 0 radical (unpaired) electrons. The van der Waals surface area contributed by atoms with Gasteiger partial charge in [0.25, 0.3) is 0 Å². The van der Waals surface area contributed by atoms with Gasteiger partial charge in [-0.1, -0.05) is 62.6 Å². The molecule has 1 aromatic rings. The molecule has 0 bridgehead atoms. The van der Waals surface area contributed by atoms with Gasteiger partial charge in [-0.2, -0.15) is 0 Å². The second kappa shape index (κ2) is 12.3. The van der Waals surface area contributed by atoms with Gasteiger partial charge in [-0.3, -0.25) is 4.79 Å². The van der Waals surface area contributed by atoms with Crippen LogP contribution < -0.4 is 0 Å². The van der Waals surface area contributed by atoms with Crippen molar-refractivity contribution in [1.82, 2.24) is 0 Å². The summed E-state index contributed by atoms with van der Waals surface area (Å²) in [6.45, 7) is 2.17. The Bertz CT molecular complexity index is 611. The molecule has 0 saturated heterocycles. The smallest absolute Gasteiger partial charge is 0.303 e. The van der Waals surface area contributed by atoms with Gasteiger partial charge in [-0.05, 0) is 55.6 Å². The van der Waals surface area contributed by atoms with Crippen LogP contribution in [0.2, 0.25) is 0 Å². The number of benzene rings is 1. The van der Waals surface area contributed by atoms with Gasteiger partial charge < -0.3 is 10.2 Å². The lowest BCUT2D eigenvalue weighted by Gasteiger charge is -2.22. The van der Waals surface area contributed by atoms with E-state index in [-0.39, 0.29) is 17.9 Å². The maximum atomic E-state index is 10.6. The number of rotatable bonds is 12. The van der Waals surface area contributed by atoms with Gasteiger partial charge in [0.1, 0.15) is 0 Å².